The van der Waals surface area contributed by atoms with Gasteiger partial charge in [0.15, 0.2) is 0 Å². The van der Waals surface area contributed by atoms with E-state index >= 15 is 0 Å². The lowest BCUT2D eigenvalue weighted by Crippen LogP contribution is -2.04. The molecule has 0 saturated heterocycles. The fourth-order valence-electron chi connectivity index (χ4n) is 2.56. The fourth-order valence-corrected chi connectivity index (χ4v) is 3.71. The van der Waals surface area contributed by atoms with Gasteiger partial charge in [0.2, 0.25) is 0 Å². The van der Waals surface area contributed by atoms with E-state index < -0.39 is 6.10 Å². The van der Waals surface area contributed by atoms with E-state index in [4.69, 9.17) is 4.74 Å². The standard InChI is InChI=1S/C16H15BrO2S/c1-20-14-5-3-2-4-12(14)15(18)13-9-11(17)8-10-6-7-19-16(10)13/h2-5,8-9,15,18H,6-7H2,1H3. The molecule has 1 atom stereocenters. The second-order valence-corrected chi connectivity index (χ2v) is 6.49. The lowest BCUT2D eigenvalue weighted by Gasteiger charge is -2.18. The van der Waals surface area contributed by atoms with Crippen molar-refractivity contribution in [1.29, 1.82) is 0 Å². The summed E-state index contributed by atoms with van der Waals surface area (Å²) in [4.78, 5) is 1.09. The van der Waals surface area contributed by atoms with Crippen LogP contribution in [-0.4, -0.2) is 18.0 Å². The third-order valence-corrected chi connectivity index (χ3v) is 4.77. The lowest BCUT2D eigenvalue weighted by atomic mass is 9.98. The topological polar surface area (TPSA) is 29.5 Å². The van der Waals surface area contributed by atoms with Gasteiger partial charge in [0, 0.05) is 21.4 Å². The molecule has 2 aromatic rings. The van der Waals surface area contributed by atoms with Crippen molar-refractivity contribution in [2.75, 3.05) is 12.9 Å². The van der Waals surface area contributed by atoms with Crippen LogP contribution in [0.2, 0.25) is 0 Å². The smallest absolute Gasteiger partial charge is 0.128 e. The van der Waals surface area contributed by atoms with Crippen LogP contribution in [0.1, 0.15) is 22.8 Å². The molecule has 0 radical (unpaired) electrons. The lowest BCUT2D eigenvalue weighted by molar-refractivity contribution is 0.211. The summed E-state index contributed by atoms with van der Waals surface area (Å²) in [6.07, 6.45) is 2.26. The Morgan fingerprint density at radius 2 is 2.05 bits per heavy atom. The summed E-state index contributed by atoms with van der Waals surface area (Å²) in [5.41, 5.74) is 2.93. The summed E-state index contributed by atoms with van der Waals surface area (Å²) in [6.45, 7) is 0.690. The highest BCUT2D eigenvalue weighted by Gasteiger charge is 2.24. The SMILES string of the molecule is CSc1ccccc1C(O)c1cc(Br)cc2c1OCC2. The highest BCUT2D eigenvalue weighted by molar-refractivity contribution is 9.10. The van der Waals surface area contributed by atoms with Gasteiger partial charge in [0.25, 0.3) is 0 Å². The van der Waals surface area contributed by atoms with Crippen molar-refractivity contribution in [2.24, 2.45) is 0 Å². The molecular formula is C16H15BrO2S. The Bertz CT molecular complexity index is 642. The molecule has 4 heteroatoms. The zero-order valence-corrected chi connectivity index (χ0v) is 13.5. The van der Waals surface area contributed by atoms with Gasteiger partial charge in [-0.2, -0.15) is 0 Å². The summed E-state index contributed by atoms with van der Waals surface area (Å²) in [6, 6.07) is 12.0. The van der Waals surface area contributed by atoms with Gasteiger partial charge in [0.05, 0.1) is 6.61 Å². The first kappa shape index (κ1) is 14.0. The van der Waals surface area contributed by atoms with E-state index in [1.165, 1.54) is 0 Å². The zero-order valence-electron chi connectivity index (χ0n) is 11.1. The average Bonchev–Trinajstić information content (AvgIpc) is 2.93. The molecule has 0 amide bonds. The Morgan fingerprint density at radius 3 is 2.85 bits per heavy atom. The van der Waals surface area contributed by atoms with Crippen LogP contribution in [0, 0.1) is 0 Å². The van der Waals surface area contributed by atoms with E-state index in [9.17, 15) is 5.11 Å². The molecule has 1 heterocycles. The molecule has 1 aliphatic heterocycles. The minimum atomic E-state index is -0.664. The van der Waals surface area contributed by atoms with Gasteiger partial charge in [-0.3, -0.25) is 0 Å². The number of aliphatic hydroxyl groups is 1. The van der Waals surface area contributed by atoms with Crippen molar-refractivity contribution < 1.29 is 9.84 Å². The van der Waals surface area contributed by atoms with Crippen LogP contribution in [0.4, 0.5) is 0 Å². The van der Waals surface area contributed by atoms with Crippen LogP contribution in [0.3, 0.4) is 0 Å². The Balaban J connectivity index is 2.09. The molecule has 0 aromatic heterocycles. The number of halogens is 1. The van der Waals surface area contributed by atoms with E-state index in [0.29, 0.717) is 6.61 Å². The Hall–Kier alpha value is -0.970. The highest BCUT2D eigenvalue weighted by Crippen LogP contribution is 2.40. The van der Waals surface area contributed by atoms with Crippen molar-refractivity contribution in [1.82, 2.24) is 0 Å². The van der Waals surface area contributed by atoms with Crippen LogP contribution in [0.15, 0.2) is 45.8 Å². The molecule has 3 rings (SSSR count). The molecule has 2 aromatic carbocycles. The summed E-state index contributed by atoms with van der Waals surface area (Å²) in [7, 11) is 0. The first-order valence-corrected chi connectivity index (χ1v) is 8.48. The molecule has 0 fully saturated rings. The number of rotatable bonds is 3. The van der Waals surface area contributed by atoms with Gasteiger partial charge in [-0.15, -0.1) is 11.8 Å². The Morgan fingerprint density at radius 1 is 1.25 bits per heavy atom. The van der Waals surface area contributed by atoms with E-state index in [1.807, 2.05) is 36.6 Å². The minimum Gasteiger partial charge on any atom is -0.493 e. The predicted molar refractivity (Wildman–Crippen MR) is 85.6 cm³/mol. The van der Waals surface area contributed by atoms with E-state index in [0.717, 1.165) is 38.2 Å². The molecule has 0 aliphatic carbocycles. The van der Waals surface area contributed by atoms with Crippen LogP contribution in [0.5, 0.6) is 5.75 Å². The van der Waals surface area contributed by atoms with E-state index in [-0.39, 0.29) is 0 Å². The van der Waals surface area contributed by atoms with Crippen LogP contribution in [0.25, 0.3) is 0 Å². The fraction of sp³-hybridized carbons (Fsp3) is 0.250. The van der Waals surface area contributed by atoms with Crippen molar-refractivity contribution in [3.8, 4) is 5.75 Å². The van der Waals surface area contributed by atoms with Gasteiger partial charge in [-0.05, 0) is 35.6 Å². The number of ether oxygens (including phenoxy) is 1. The molecule has 104 valence electrons. The summed E-state index contributed by atoms with van der Waals surface area (Å²) < 4.78 is 6.70. The van der Waals surface area contributed by atoms with Crippen molar-refractivity contribution in [3.63, 3.8) is 0 Å². The molecule has 20 heavy (non-hydrogen) atoms. The molecule has 1 N–H and O–H groups in total. The van der Waals surface area contributed by atoms with Crippen LogP contribution >= 0.6 is 27.7 Å². The maximum atomic E-state index is 10.8. The third-order valence-electron chi connectivity index (χ3n) is 3.51. The van der Waals surface area contributed by atoms with Crippen molar-refractivity contribution >= 4 is 27.7 Å². The monoisotopic (exact) mass is 350 g/mol. The number of fused-ring (bicyclic) bond motifs is 1. The number of thioether (sulfide) groups is 1. The maximum absolute atomic E-state index is 10.8. The molecule has 0 spiro atoms. The van der Waals surface area contributed by atoms with Crippen molar-refractivity contribution in [2.45, 2.75) is 17.4 Å². The van der Waals surface area contributed by atoms with Crippen LogP contribution in [-0.2, 0) is 6.42 Å². The van der Waals surface area contributed by atoms with Gasteiger partial charge < -0.3 is 9.84 Å². The maximum Gasteiger partial charge on any atom is 0.128 e. The largest absolute Gasteiger partial charge is 0.493 e. The summed E-state index contributed by atoms with van der Waals surface area (Å²) in [5.74, 6) is 0.844. The molecule has 0 bridgehead atoms. The molecular weight excluding hydrogens is 336 g/mol. The molecule has 1 aliphatic rings. The van der Waals surface area contributed by atoms with E-state index in [2.05, 4.69) is 22.0 Å². The van der Waals surface area contributed by atoms with E-state index in [1.54, 1.807) is 11.8 Å². The Labute approximate surface area is 131 Å². The quantitative estimate of drug-likeness (QED) is 0.841. The molecule has 0 saturated carbocycles. The second-order valence-electron chi connectivity index (χ2n) is 4.73. The van der Waals surface area contributed by atoms with Crippen LogP contribution < -0.4 is 4.74 Å². The van der Waals surface area contributed by atoms with Gasteiger partial charge in [0.1, 0.15) is 11.9 Å². The third kappa shape index (κ3) is 2.48. The normalized spacial score (nSPS) is 14.8. The molecule has 2 nitrogen and oxygen atoms in total. The number of benzene rings is 2. The van der Waals surface area contributed by atoms with Gasteiger partial charge in [-0.25, -0.2) is 0 Å². The molecule has 1 unspecified atom stereocenters. The number of hydrogen-bond donors (Lipinski definition) is 1. The van der Waals surface area contributed by atoms with Gasteiger partial charge >= 0.3 is 0 Å². The highest BCUT2D eigenvalue weighted by atomic mass is 79.9. The first-order valence-electron chi connectivity index (χ1n) is 6.47. The number of hydrogen-bond acceptors (Lipinski definition) is 3. The zero-order chi connectivity index (χ0) is 14.1. The summed E-state index contributed by atoms with van der Waals surface area (Å²) in [5, 5.41) is 10.8. The van der Waals surface area contributed by atoms with Gasteiger partial charge in [-0.1, -0.05) is 34.1 Å². The number of aliphatic hydroxyl groups excluding tert-OH is 1. The van der Waals surface area contributed by atoms with Crippen molar-refractivity contribution in [3.05, 3.63) is 57.6 Å². The average molecular weight is 351 g/mol. The minimum absolute atomic E-state index is 0.664. The predicted octanol–water partition coefficient (Wildman–Crippen LogP) is 4.19. The first-order chi connectivity index (χ1) is 9.70. The second kappa shape index (κ2) is 5.80. The Kier molecular flexibility index (Phi) is 4.06. The summed E-state index contributed by atoms with van der Waals surface area (Å²) >= 11 is 5.16.